The van der Waals surface area contributed by atoms with E-state index in [1.54, 1.807) is 0 Å². The third-order valence-electron chi connectivity index (χ3n) is 2.82. The van der Waals surface area contributed by atoms with Crippen LogP contribution < -0.4 is 0 Å². The summed E-state index contributed by atoms with van der Waals surface area (Å²) in [5.41, 5.74) is -1.60. The van der Waals surface area contributed by atoms with E-state index in [-0.39, 0.29) is 0 Å². The Balaban J connectivity index is 2.37. The normalized spacial score (nSPS) is 10.4. The first kappa shape index (κ1) is 14.7. The van der Waals surface area contributed by atoms with Crippen LogP contribution >= 0.6 is 0 Å². The number of rotatable bonds is 4. The summed E-state index contributed by atoms with van der Waals surface area (Å²) in [5.74, 6) is -4.16. The molecule has 2 aromatic rings. The molecule has 0 saturated heterocycles. The highest BCUT2D eigenvalue weighted by molar-refractivity contribution is 5.98. The SMILES string of the molecule is O=C(Cc1ccc(F)cc1)c1c(F)ccc([N+](=O)[O-])c1F. The molecule has 0 amide bonds. The lowest BCUT2D eigenvalue weighted by Crippen LogP contribution is -2.11. The first-order valence-corrected chi connectivity index (χ1v) is 5.80. The highest BCUT2D eigenvalue weighted by atomic mass is 19.1. The largest absolute Gasteiger partial charge is 0.305 e. The van der Waals surface area contributed by atoms with Crippen molar-refractivity contribution in [2.24, 2.45) is 0 Å². The Labute approximate surface area is 117 Å². The maximum absolute atomic E-state index is 13.8. The van der Waals surface area contributed by atoms with E-state index in [2.05, 4.69) is 0 Å². The summed E-state index contributed by atoms with van der Waals surface area (Å²) >= 11 is 0. The minimum atomic E-state index is -1.51. The van der Waals surface area contributed by atoms with Crippen LogP contribution in [0.1, 0.15) is 15.9 Å². The predicted molar refractivity (Wildman–Crippen MR) is 67.4 cm³/mol. The summed E-state index contributed by atoms with van der Waals surface area (Å²) in [5, 5.41) is 10.6. The fourth-order valence-electron chi connectivity index (χ4n) is 1.81. The number of carbonyl (C=O) groups excluding carboxylic acids is 1. The summed E-state index contributed by atoms with van der Waals surface area (Å²) in [6.07, 6.45) is -0.394. The number of hydrogen-bond acceptors (Lipinski definition) is 3. The quantitative estimate of drug-likeness (QED) is 0.493. The Hall–Kier alpha value is -2.70. The van der Waals surface area contributed by atoms with E-state index < -0.39 is 45.8 Å². The third-order valence-corrected chi connectivity index (χ3v) is 2.82. The highest BCUT2D eigenvalue weighted by Crippen LogP contribution is 2.24. The second-order valence-electron chi connectivity index (χ2n) is 4.24. The van der Waals surface area contributed by atoms with Crippen LogP contribution in [-0.4, -0.2) is 10.7 Å². The molecule has 0 aliphatic rings. The van der Waals surface area contributed by atoms with E-state index in [1.807, 2.05) is 0 Å². The van der Waals surface area contributed by atoms with Crippen molar-refractivity contribution in [3.8, 4) is 0 Å². The fourth-order valence-corrected chi connectivity index (χ4v) is 1.81. The van der Waals surface area contributed by atoms with E-state index in [0.717, 1.165) is 12.1 Å². The smallest absolute Gasteiger partial charge is 0.294 e. The van der Waals surface area contributed by atoms with Crippen LogP contribution in [0.2, 0.25) is 0 Å². The molecule has 2 aromatic carbocycles. The van der Waals surface area contributed by atoms with Crippen LogP contribution in [-0.2, 0) is 6.42 Å². The lowest BCUT2D eigenvalue weighted by molar-refractivity contribution is -0.387. The van der Waals surface area contributed by atoms with Gasteiger partial charge in [0, 0.05) is 12.5 Å². The first-order chi connectivity index (χ1) is 9.90. The van der Waals surface area contributed by atoms with E-state index in [0.29, 0.717) is 17.7 Å². The van der Waals surface area contributed by atoms with Crippen LogP contribution in [0, 0.1) is 27.6 Å². The summed E-state index contributed by atoms with van der Waals surface area (Å²) in [4.78, 5) is 21.5. The fraction of sp³-hybridized carbons (Fsp3) is 0.0714. The molecule has 7 heteroatoms. The summed E-state index contributed by atoms with van der Waals surface area (Å²) in [7, 11) is 0. The monoisotopic (exact) mass is 295 g/mol. The van der Waals surface area contributed by atoms with Crippen LogP contribution in [0.3, 0.4) is 0 Å². The van der Waals surface area contributed by atoms with Gasteiger partial charge in [-0.15, -0.1) is 0 Å². The van der Waals surface area contributed by atoms with Crippen LogP contribution in [0.15, 0.2) is 36.4 Å². The Kier molecular flexibility index (Phi) is 4.02. The predicted octanol–water partition coefficient (Wildman–Crippen LogP) is 3.44. The van der Waals surface area contributed by atoms with Crippen molar-refractivity contribution in [1.29, 1.82) is 0 Å². The van der Waals surface area contributed by atoms with Crippen molar-refractivity contribution in [2.45, 2.75) is 6.42 Å². The average Bonchev–Trinajstić information content (AvgIpc) is 2.41. The van der Waals surface area contributed by atoms with E-state index in [4.69, 9.17) is 0 Å². The van der Waals surface area contributed by atoms with Gasteiger partial charge in [0.25, 0.3) is 0 Å². The Morgan fingerprint density at radius 2 is 1.67 bits per heavy atom. The number of benzene rings is 2. The second kappa shape index (κ2) is 5.74. The van der Waals surface area contributed by atoms with Crippen molar-refractivity contribution in [3.63, 3.8) is 0 Å². The van der Waals surface area contributed by atoms with Gasteiger partial charge in [-0.25, -0.2) is 8.78 Å². The van der Waals surface area contributed by atoms with Gasteiger partial charge in [0.1, 0.15) is 11.6 Å². The van der Waals surface area contributed by atoms with Crippen LogP contribution in [0.25, 0.3) is 0 Å². The standard InChI is InChI=1S/C14H8F3NO3/c15-9-3-1-8(2-4-9)7-12(19)13-10(16)5-6-11(14(13)17)18(20)21/h1-6H,7H2. The van der Waals surface area contributed by atoms with Gasteiger partial charge in [-0.1, -0.05) is 12.1 Å². The number of Topliss-reactive ketones (excluding diaryl/α,β-unsaturated/α-hetero) is 1. The molecule has 108 valence electrons. The zero-order valence-corrected chi connectivity index (χ0v) is 10.5. The molecule has 0 fully saturated rings. The van der Waals surface area contributed by atoms with Crippen molar-refractivity contribution in [2.75, 3.05) is 0 Å². The van der Waals surface area contributed by atoms with Crippen molar-refractivity contribution in [1.82, 2.24) is 0 Å². The summed E-state index contributed by atoms with van der Waals surface area (Å²) < 4.78 is 40.1. The zero-order chi connectivity index (χ0) is 15.6. The molecule has 21 heavy (non-hydrogen) atoms. The molecule has 2 rings (SSSR count). The van der Waals surface area contributed by atoms with E-state index in [1.165, 1.54) is 12.1 Å². The van der Waals surface area contributed by atoms with Crippen LogP contribution in [0.5, 0.6) is 0 Å². The van der Waals surface area contributed by atoms with Crippen LogP contribution in [0.4, 0.5) is 18.9 Å². The molecule has 0 unspecified atom stereocenters. The molecule has 0 N–H and O–H groups in total. The maximum atomic E-state index is 13.8. The lowest BCUT2D eigenvalue weighted by Gasteiger charge is -2.05. The van der Waals surface area contributed by atoms with Gasteiger partial charge < -0.3 is 0 Å². The van der Waals surface area contributed by atoms with E-state index in [9.17, 15) is 28.1 Å². The van der Waals surface area contributed by atoms with Gasteiger partial charge in [0.15, 0.2) is 5.78 Å². The topological polar surface area (TPSA) is 60.2 Å². The first-order valence-electron chi connectivity index (χ1n) is 5.80. The molecular formula is C14H8F3NO3. The average molecular weight is 295 g/mol. The Morgan fingerprint density at radius 1 is 1.05 bits per heavy atom. The van der Waals surface area contributed by atoms with Gasteiger partial charge in [-0.05, 0) is 23.8 Å². The third kappa shape index (κ3) is 3.07. The molecule has 0 heterocycles. The van der Waals surface area contributed by atoms with Gasteiger partial charge in [0.05, 0.1) is 10.5 Å². The summed E-state index contributed by atoms with van der Waals surface area (Å²) in [6, 6.07) is 6.10. The van der Waals surface area contributed by atoms with Gasteiger partial charge in [-0.3, -0.25) is 14.9 Å². The number of nitro benzene ring substituents is 1. The number of ketones is 1. The maximum Gasteiger partial charge on any atom is 0.305 e. The number of halogens is 3. The van der Waals surface area contributed by atoms with Gasteiger partial charge in [-0.2, -0.15) is 4.39 Å². The molecule has 0 atom stereocenters. The Morgan fingerprint density at radius 3 is 2.24 bits per heavy atom. The van der Waals surface area contributed by atoms with Gasteiger partial charge >= 0.3 is 5.69 Å². The molecule has 0 spiro atoms. The van der Waals surface area contributed by atoms with Gasteiger partial charge in [0.2, 0.25) is 5.82 Å². The van der Waals surface area contributed by atoms with Crippen molar-refractivity contribution in [3.05, 3.63) is 75.1 Å². The summed E-state index contributed by atoms with van der Waals surface area (Å²) in [6.45, 7) is 0. The van der Waals surface area contributed by atoms with Crippen molar-refractivity contribution >= 4 is 11.5 Å². The minimum Gasteiger partial charge on any atom is -0.294 e. The Bertz CT molecular complexity index is 714. The molecular weight excluding hydrogens is 287 g/mol. The molecule has 0 aliphatic carbocycles. The van der Waals surface area contributed by atoms with E-state index >= 15 is 0 Å². The molecule has 0 saturated carbocycles. The number of hydrogen-bond donors (Lipinski definition) is 0. The molecule has 0 aliphatic heterocycles. The minimum absolute atomic E-state index is 0.340. The zero-order valence-electron chi connectivity index (χ0n) is 10.5. The number of nitrogens with zero attached hydrogens (tertiary/aromatic N) is 1. The molecule has 0 aromatic heterocycles. The molecule has 0 bridgehead atoms. The second-order valence-corrected chi connectivity index (χ2v) is 4.24. The molecule has 4 nitrogen and oxygen atoms in total. The highest BCUT2D eigenvalue weighted by Gasteiger charge is 2.25. The number of nitro groups is 1. The molecule has 0 radical (unpaired) electrons. The lowest BCUT2D eigenvalue weighted by atomic mass is 10.0. The number of carbonyl (C=O) groups is 1. The van der Waals surface area contributed by atoms with Crippen molar-refractivity contribution < 1.29 is 22.9 Å².